The summed E-state index contributed by atoms with van der Waals surface area (Å²) in [6, 6.07) is 0.425. The van der Waals surface area contributed by atoms with Crippen LogP contribution in [0.2, 0.25) is 0 Å². The van der Waals surface area contributed by atoms with E-state index < -0.39 is 0 Å². The lowest BCUT2D eigenvalue weighted by molar-refractivity contribution is 0.125. The fraction of sp³-hybridized carbons (Fsp3) is 1.00. The van der Waals surface area contributed by atoms with E-state index in [1.54, 1.807) is 0 Å². The molecule has 1 atom stereocenters. The molecule has 2 fully saturated rings. The molecule has 2 aliphatic carbocycles. The molecule has 1 nitrogen and oxygen atoms in total. The second kappa shape index (κ2) is 3.23. The highest BCUT2D eigenvalue weighted by Gasteiger charge is 2.52. The Morgan fingerprint density at radius 1 is 1.07 bits per heavy atom. The first kappa shape index (κ1) is 10.5. The molecule has 2 rings (SSSR count). The molecule has 0 radical (unpaired) electrons. The summed E-state index contributed by atoms with van der Waals surface area (Å²) >= 11 is 0. The van der Waals surface area contributed by atoms with Crippen molar-refractivity contribution in [3.63, 3.8) is 0 Å². The van der Waals surface area contributed by atoms with Crippen LogP contribution >= 0.6 is 0 Å². The van der Waals surface area contributed by atoms with Crippen LogP contribution in [0.15, 0.2) is 0 Å². The second-order valence-corrected chi connectivity index (χ2v) is 6.46. The second-order valence-electron chi connectivity index (χ2n) is 6.46. The smallest absolute Gasteiger partial charge is 0.00696 e. The van der Waals surface area contributed by atoms with Gasteiger partial charge in [0.05, 0.1) is 0 Å². The molecule has 0 amide bonds. The zero-order valence-electron chi connectivity index (χ0n) is 9.97. The van der Waals surface area contributed by atoms with Crippen molar-refractivity contribution in [1.29, 1.82) is 0 Å². The highest BCUT2D eigenvalue weighted by atomic mass is 14.7. The van der Waals surface area contributed by atoms with Crippen molar-refractivity contribution >= 4 is 0 Å². The van der Waals surface area contributed by atoms with Crippen LogP contribution in [0.5, 0.6) is 0 Å². The van der Waals surface area contributed by atoms with E-state index >= 15 is 0 Å². The lowest BCUT2D eigenvalue weighted by Crippen LogP contribution is -2.37. The van der Waals surface area contributed by atoms with E-state index in [0.717, 1.165) is 5.92 Å². The molecule has 0 saturated heterocycles. The van der Waals surface area contributed by atoms with Gasteiger partial charge in [0.25, 0.3) is 0 Å². The number of hydrogen-bond donors (Lipinski definition) is 1. The van der Waals surface area contributed by atoms with Crippen molar-refractivity contribution in [2.24, 2.45) is 22.5 Å². The first-order valence-corrected chi connectivity index (χ1v) is 6.22. The van der Waals surface area contributed by atoms with E-state index in [1.807, 2.05) is 0 Å². The van der Waals surface area contributed by atoms with Gasteiger partial charge >= 0.3 is 0 Å². The van der Waals surface area contributed by atoms with Crippen molar-refractivity contribution in [1.82, 2.24) is 0 Å². The van der Waals surface area contributed by atoms with Gasteiger partial charge in [-0.05, 0) is 62.2 Å². The molecular formula is C13H25N. The van der Waals surface area contributed by atoms with Gasteiger partial charge in [-0.2, -0.15) is 0 Å². The van der Waals surface area contributed by atoms with Gasteiger partial charge in [0.1, 0.15) is 0 Å². The number of nitrogens with two attached hydrogens (primary N) is 1. The predicted molar refractivity (Wildman–Crippen MR) is 61.1 cm³/mol. The first-order valence-electron chi connectivity index (χ1n) is 6.22. The molecule has 0 aliphatic heterocycles. The molecule has 0 heterocycles. The quantitative estimate of drug-likeness (QED) is 0.718. The summed E-state index contributed by atoms with van der Waals surface area (Å²) in [6.45, 7) is 7.04. The van der Waals surface area contributed by atoms with E-state index in [9.17, 15) is 0 Å². The zero-order valence-corrected chi connectivity index (χ0v) is 9.97. The Kier molecular flexibility index (Phi) is 2.42. The molecule has 2 N–H and O–H groups in total. The monoisotopic (exact) mass is 195 g/mol. The van der Waals surface area contributed by atoms with Gasteiger partial charge in [0.15, 0.2) is 0 Å². The minimum Gasteiger partial charge on any atom is -0.327 e. The van der Waals surface area contributed by atoms with E-state index in [0.29, 0.717) is 16.9 Å². The van der Waals surface area contributed by atoms with E-state index in [2.05, 4.69) is 20.8 Å². The third kappa shape index (κ3) is 1.71. The van der Waals surface area contributed by atoms with Crippen LogP contribution in [0.1, 0.15) is 59.3 Å². The fourth-order valence-corrected chi connectivity index (χ4v) is 3.35. The molecule has 2 aliphatic rings. The fourth-order valence-electron chi connectivity index (χ4n) is 3.35. The summed E-state index contributed by atoms with van der Waals surface area (Å²) in [6.07, 6.45) is 8.47. The Morgan fingerprint density at radius 3 is 1.93 bits per heavy atom. The Balaban J connectivity index is 1.96. The molecule has 0 aromatic heterocycles. The maximum atomic E-state index is 6.13. The van der Waals surface area contributed by atoms with Crippen LogP contribution < -0.4 is 5.73 Å². The first-order chi connectivity index (χ1) is 6.46. The summed E-state index contributed by atoms with van der Waals surface area (Å²) < 4.78 is 0. The molecule has 1 unspecified atom stereocenters. The van der Waals surface area contributed by atoms with Gasteiger partial charge in [-0.15, -0.1) is 0 Å². The Morgan fingerprint density at radius 2 is 1.57 bits per heavy atom. The highest BCUT2D eigenvalue weighted by molar-refractivity contribution is 5.05. The van der Waals surface area contributed by atoms with E-state index in [4.69, 9.17) is 5.73 Å². The van der Waals surface area contributed by atoms with Gasteiger partial charge in [-0.1, -0.05) is 13.8 Å². The van der Waals surface area contributed by atoms with Crippen molar-refractivity contribution in [3.8, 4) is 0 Å². The Labute approximate surface area is 88.4 Å². The largest absolute Gasteiger partial charge is 0.327 e. The van der Waals surface area contributed by atoms with Gasteiger partial charge in [0.2, 0.25) is 0 Å². The maximum Gasteiger partial charge on any atom is 0.00696 e. The number of rotatable bonds is 2. The molecule has 82 valence electrons. The van der Waals surface area contributed by atoms with Gasteiger partial charge in [0, 0.05) is 6.04 Å². The molecule has 0 aromatic rings. The average molecular weight is 195 g/mol. The Bertz CT molecular complexity index is 203. The lowest BCUT2D eigenvalue weighted by Gasteiger charge is -2.39. The summed E-state index contributed by atoms with van der Waals surface area (Å²) in [5.74, 6) is 0.940. The Hall–Kier alpha value is -0.0400. The van der Waals surface area contributed by atoms with Crippen LogP contribution in [-0.2, 0) is 0 Å². The summed E-state index contributed by atoms with van der Waals surface area (Å²) in [5, 5.41) is 0. The normalized spacial score (nSPS) is 32.6. The summed E-state index contributed by atoms with van der Waals surface area (Å²) in [7, 11) is 0. The highest BCUT2D eigenvalue weighted by Crippen LogP contribution is 2.59. The van der Waals surface area contributed by atoms with Crippen molar-refractivity contribution in [3.05, 3.63) is 0 Å². The lowest BCUT2D eigenvalue weighted by atomic mass is 9.67. The van der Waals surface area contributed by atoms with Gasteiger partial charge in [-0.3, -0.25) is 0 Å². The third-order valence-electron chi connectivity index (χ3n) is 4.89. The summed E-state index contributed by atoms with van der Waals surface area (Å²) in [5.41, 5.74) is 7.30. The SMILES string of the molecule is CC(N)C1(C2CCC(C)(C)CC2)CC1. The van der Waals surface area contributed by atoms with Crippen LogP contribution in [0.4, 0.5) is 0 Å². The molecule has 0 spiro atoms. The minimum atomic E-state index is 0.425. The molecular weight excluding hydrogens is 170 g/mol. The topological polar surface area (TPSA) is 26.0 Å². The molecule has 1 heteroatoms. The van der Waals surface area contributed by atoms with E-state index in [1.165, 1.54) is 38.5 Å². The molecule has 2 saturated carbocycles. The average Bonchev–Trinajstić information content (AvgIpc) is 2.84. The van der Waals surface area contributed by atoms with Crippen LogP contribution in [-0.4, -0.2) is 6.04 Å². The van der Waals surface area contributed by atoms with Crippen molar-refractivity contribution < 1.29 is 0 Å². The number of hydrogen-bond acceptors (Lipinski definition) is 1. The zero-order chi connectivity index (χ0) is 10.4. The van der Waals surface area contributed by atoms with Crippen LogP contribution in [0.25, 0.3) is 0 Å². The molecule has 14 heavy (non-hydrogen) atoms. The van der Waals surface area contributed by atoms with Crippen LogP contribution in [0.3, 0.4) is 0 Å². The summed E-state index contributed by atoms with van der Waals surface area (Å²) in [4.78, 5) is 0. The van der Waals surface area contributed by atoms with Gasteiger partial charge in [-0.25, -0.2) is 0 Å². The molecule has 0 bridgehead atoms. The van der Waals surface area contributed by atoms with Gasteiger partial charge < -0.3 is 5.73 Å². The van der Waals surface area contributed by atoms with E-state index in [-0.39, 0.29) is 0 Å². The predicted octanol–water partition coefficient (Wildman–Crippen LogP) is 3.33. The van der Waals surface area contributed by atoms with Crippen molar-refractivity contribution in [2.75, 3.05) is 0 Å². The standard InChI is InChI=1S/C13H25N/c1-10(14)13(8-9-13)11-4-6-12(2,3)7-5-11/h10-11H,4-9,14H2,1-3H3. The maximum absolute atomic E-state index is 6.13. The van der Waals surface area contributed by atoms with Crippen molar-refractivity contribution in [2.45, 2.75) is 65.3 Å². The molecule has 0 aromatic carbocycles. The van der Waals surface area contributed by atoms with Crippen LogP contribution in [0, 0.1) is 16.7 Å². The third-order valence-corrected chi connectivity index (χ3v) is 4.89. The minimum absolute atomic E-state index is 0.425.